The smallest absolute Gasteiger partial charge is 0.232 e. The summed E-state index contributed by atoms with van der Waals surface area (Å²) < 4.78 is 5.71. The first-order chi connectivity index (χ1) is 9.74. The monoisotopic (exact) mass is 294 g/mol. The van der Waals surface area contributed by atoms with Gasteiger partial charge in [-0.25, -0.2) is 4.98 Å². The maximum absolute atomic E-state index is 12.3. The fourth-order valence-corrected chi connectivity index (χ4v) is 3.08. The number of nitrogens with zero attached hydrogens (tertiary/aromatic N) is 2. The molecule has 1 aliphatic carbocycles. The maximum atomic E-state index is 12.3. The van der Waals surface area contributed by atoms with Gasteiger partial charge in [0, 0.05) is 12.1 Å². The molecule has 20 heavy (non-hydrogen) atoms. The molecule has 0 spiro atoms. The van der Waals surface area contributed by atoms with Crippen LogP contribution >= 0.6 is 11.6 Å². The Labute approximate surface area is 124 Å². The van der Waals surface area contributed by atoms with Crippen molar-refractivity contribution >= 4 is 17.5 Å². The number of likely N-dealkylation sites (tertiary alicyclic amines) is 1. The lowest BCUT2D eigenvalue weighted by Gasteiger charge is -2.41. The normalized spacial score (nSPS) is 20.6. The summed E-state index contributed by atoms with van der Waals surface area (Å²) in [5.41, 5.74) is 0. The van der Waals surface area contributed by atoms with Crippen LogP contribution in [0.4, 0.5) is 0 Å². The molecule has 2 fully saturated rings. The third-order valence-corrected chi connectivity index (χ3v) is 4.40. The second-order valence-corrected chi connectivity index (χ2v) is 6.02. The average Bonchev–Trinajstić information content (AvgIpc) is 2.44. The Hall–Kier alpha value is -1.29. The van der Waals surface area contributed by atoms with Gasteiger partial charge in [-0.05, 0) is 25.0 Å². The van der Waals surface area contributed by atoms with E-state index in [1.165, 1.54) is 19.3 Å². The Morgan fingerprint density at radius 2 is 2.05 bits per heavy atom. The van der Waals surface area contributed by atoms with Crippen molar-refractivity contribution in [3.8, 4) is 5.88 Å². The van der Waals surface area contributed by atoms with Crippen LogP contribution in [-0.2, 0) is 4.79 Å². The van der Waals surface area contributed by atoms with Gasteiger partial charge in [-0.2, -0.15) is 0 Å². The van der Waals surface area contributed by atoms with Crippen LogP contribution < -0.4 is 4.74 Å². The predicted molar refractivity (Wildman–Crippen MR) is 76.8 cm³/mol. The summed E-state index contributed by atoms with van der Waals surface area (Å²) in [6, 6.07) is 3.53. The number of hydrogen-bond donors (Lipinski definition) is 0. The molecule has 0 bridgehead atoms. The van der Waals surface area contributed by atoms with E-state index in [0.29, 0.717) is 29.9 Å². The molecule has 4 nitrogen and oxygen atoms in total. The van der Waals surface area contributed by atoms with Crippen molar-refractivity contribution < 1.29 is 9.53 Å². The quantitative estimate of drug-likeness (QED) is 0.861. The third kappa shape index (κ3) is 2.90. The predicted octanol–water partition coefficient (Wildman–Crippen LogP) is 2.90. The largest absolute Gasteiger partial charge is 0.470 e. The molecule has 2 heterocycles. The molecule has 0 radical (unpaired) electrons. The summed E-state index contributed by atoms with van der Waals surface area (Å²) in [6.07, 6.45) is 7.43. The Kier molecular flexibility index (Phi) is 4.10. The second-order valence-electron chi connectivity index (χ2n) is 5.61. The fraction of sp³-hybridized carbons (Fsp3) is 0.600. The van der Waals surface area contributed by atoms with Crippen LogP contribution in [-0.4, -0.2) is 35.0 Å². The van der Waals surface area contributed by atoms with Crippen molar-refractivity contribution in [2.45, 2.75) is 38.2 Å². The van der Waals surface area contributed by atoms with E-state index in [4.69, 9.17) is 16.3 Å². The van der Waals surface area contributed by atoms with Gasteiger partial charge in [0.05, 0.1) is 13.1 Å². The summed E-state index contributed by atoms with van der Waals surface area (Å²) in [5.74, 6) is 1.00. The molecule has 0 unspecified atom stereocenters. The molecule has 108 valence electrons. The summed E-state index contributed by atoms with van der Waals surface area (Å²) >= 11 is 6.00. The first kappa shape index (κ1) is 13.7. The summed E-state index contributed by atoms with van der Waals surface area (Å²) in [4.78, 5) is 18.3. The molecule has 5 heteroatoms. The average molecular weight is 295 g/mol. The van der Waals surface area contributed by atoms with Crippen molar-refractivity contribution in [2.75, 3.05) is 13.1 Å². The summed E-state index contributed by atoms with van der Waals surface area (Å²) in [5, 5.41) is 0.518. The minimum absolute atomic E-state index is 0.0231. The summed E-state index contributed by atoms with van der Waals surface area (Å²) in [6.45, 7) is 1.31. The molecule has 0 aromatic carbocycles. The Balaban J connectivity index is 1.49. The highest BCUT2D eigenvalue weighted by molar-refractivity contribution is 6.31. The highest BCUT2D eigenvalue weighted by Gasteiger charge is 2.36. The minimum atomic E-state index is 0.0231. The molecule has 1 aromatic rings. The highest BCUT2D eigenvalue weighted by Crippen LogP contribution is 2.28. The number of hydrogen-bond acceptors (Lipinski definition) is 3. The number of ether oxygens (including phenoxy) is 1. The van der Waals surface area contributed by atoms with E-state index >= 15 is 0 Å². The lowest BCUT2D eigenvalue weighted by atomic mass is 9.87. The van der Waals surface area contributed by atoms with E-state index in [0.717, 1.165) is 12.8 Å². The molecule has 2 aliphatic rings. The molecule has 0 N–H and O–H groups in total. The molecule has 1 aliphatic heterocycles. The van der Waals surface area contributed by atoms with Gasteiger partial charge in [0.15, 0.2) is 0 Å². The van der Waals surface area contributed by atoms with E-state index in [-0.39, 0.29) is 12.0 Å². The van der Waals surface area contributed by atoms with Crippen molar-refractivity contribution in [1.29, 1.82) is 0 Å². The van der Waals surface area contributed by atoms with Crippen molar-refractivity contribution in [2.24, 2.45) is 5.92 Å². The van der Waals surface area contributed by atoms with Crippen molar-refractivity contribution in [3.63, 3.8) is 0 Å². The van der Waals surface area contributed by atoms with E-state index in [9.17, 15) is 4.79 Å². The van der Waals surface area contributed by atoms with Gasteiger partial charge >= 0.3 is 0 Å². The first-order valence-corrected chi connectivity index (χ1v) is 7.68. The van der Waals surface area contributed by atoms with Crippen molar-refractivity contribution in [3.05, 3.63) is 23.4 Å². The van der Waals surface area contributed by atoms with Crippen LogP contribution in [0.2, 0.25) is 5.02 Å². The van der Waals surface area contributed by atoms with Gasteiger partial charge in [-0.15, -0.1) is 0 Å². The van der Waals surface area contributed by atoms with Crippen LogP contribution in [0.5, 0.6) is 5.88 Å². The Bertz CT molecular complexity index is 483. The van der Waals surface area contributed by atoms with Crippen molar-refractivity contribution in [1.82, 2.24) is 9.88 Å². The number of aromatic nitrogens is 1. The van der Waals surface area contributed by atoms with Gasteiger partial charge in [0.25, 0.3) is 0 Å². The molecule has 0 atom stereocenters. The SMILES string of the molecule is O=C(C1CCCCC1)N1CC(Oc2ncccc2Cl)C1. The molecular formula is C15H19ClN2O2. The number of carbonyl (C=O) groups is 1. The zero-order valence-corrected chi connectivity index (χ0v) is 12.2. The van der Waals surface area contributed by atoms with Gasteiger partial charge < -0.3 is 9.64 Å². The fourth-order valence-electron chi connectivity index (χ4n) is 2.92. The van der Waals surface area contributed by atoms with E-state index in [2.05, 4.69) is 4.98 Å². The van der Waals surface area contributed by atoms with E-state index < -0.39 is 0 Å². The van der Waals surface area contributed by atoms with Gasteiger partial charge in [0.2, 0.25) is 11.8 Å². The third-order valence-electron chi connectivity index (χ3n) is 4.12. The first-order valence-electron chi connectivity index (χ1n) is 7.30. The molecule has 1 aromatic heterocycles. The van der Waals surface area contributed by atoms with Crippen LogP contribution in [0, 0.1) is 5.92 Å². The zero-order valence-electron chi connectivity index (χ0n) is 11.4. The van der Waals surface area contributed by atoms with E-state index in [1.807, 2.05) is 4.90 Å². The topological polar surface area (TPSA) is 42.4 Å². The second kappa shape index (κ2) is 6.00. The van der Waals surface area contributed by atoms with Gasteiger partial charge in [-0.1, -0.05) is 30.9 Å². The number of pyridine rings is 1. The maximum Gasteiger partial charge on any atom is 0.232 e. The molecule has 1 saturated carbocycles. The minimum Gasteiger partial charge on any atom is -0.470 e. The van der Waals surface area contributed by atoms with Gasteiger partial charge in [-0.3, -0.25) is 4.79 Å². The Morgan fingerprint density at radius 1 is 1.30 bits per heavy atom. The van der Waals surface area contributed by atoms with Crippen LogP contribution in [0.1, 0.15) is 32.1 Å². The molecule has 1 saturated heterocycles. The van der Waals surface area contributed by atoms with E-state index in [1.54, 1.807) is 18.3 Å². The molecule has 1 amide bonds. The summed E-state index contributed by atoms with van der Waals surface area (Å²) in [7, 11) is 0. The molecule has 3 rings (SSSR count). The van der Waals surface area contributed by atoms with Gasteiger partial charge in [0.1, 0.15) is 11.1 Å². The molecular weight excluding hydrogens is 276 g/mol. The van der Waals surface area contributed by atoms with Crippen LogP contribution in [0.25, 0.3) is 0 Å². The van der Waals surface area contributed by atoms with Crippen LogP contribution in [0.15, 0.2) is 18.3 Å². The lowest BCUT2D eigenvalue weighted by molar-refractivity contribution is -0.145. The Morgan fingerprint density at radius 3 is 2.75 bits per heavy atom. The number of rotatable bonds is 3. The standard InChI is InChI=1S/C15H19ClN2O2/c16-13-7-4-8-17-14(13)20-12-9-18(10-12)15(19)11-5-2-1-3-6-11/h4,7-8,11-12H,1-3,5-6,9-10H2. The zero-order chi connectivity index (χ0) is 13.9. The lowest BCUT2D eigenvalue weighted by Crippen LogP contribution is -2.57. The number of carbonyl (C=O) groups excluding carboxylic acids is 1. The van der Waals surface area contributed by atoms with Crippen LogP contribution in [0.3, 0.4) is 0 Å². The number of halogens is 1. The number of amides is 1. The highest BCUT2D eigenvalue weighted by atomic mass is 35.5.